The predicted octanol–water partition coefficient (Wildman–Crippen LogP) is 3.16. The highest BCUT2D eigenvalue weighted by Crippen LogP contribution is 2.61. The largest absolute Gasteiger partial charge is 0.315 e. The molecular weight excluding hydrogens is 230 g/mol. The van der Waals surface area contributed by atoms with E-state index in [0.29, 0.717) is 17.3 Å². The Kier molecular flexibility index (Phi) is 1.77. The molecule has 2 aromatic carbocycles. The van der Waals surface area contributed by atoms with Crippen molar-refractivity contribution < 1.29 is 0 Å². The van der Waals surface area contributed by atoms with Crippen LogP contribution in [-0.2, 0) is 5.41 Å². The lowest BCUT2D eigenvalue weighted by molar-refractivity contribution is 0.381. The van der Waals surface area contributed by atoms with E-state index >= 15 is 0 Å². The highest BCUT2D eigenvalue weighted by atomic mass is 15.0. The number of benzene rings is 2. The quantitative estimate of drug-likeness (QED) is 0.754. The molecule has 1 aliphatic heterocycles. The van der Waals surface area contributed by atoms with Gasteiger partial charge >= 0.3 is 0 Å². The van der Waals surface area contributed by atoms with E-state index < -0.39 is 0 Å². The molecule has 0 saturated carbocycles. The molecule has 1 spiro atoms. The van der Waals surface area contributed by atoms with Crippen LogP contribution in [0.3, 0.4) is 0 Å². The van der Waals surface area contributed by atoms with Crippen LogP contribution in [0.4, 0.5) is 0 Å². The summed E-state index contributed by atoms with van der Waals surface area (Å²) in [6.07, 6.45) is 1.31. The zero-order valence-corrected chi connectivity index (χ0v) is 10.9. The van der Waals surface area contributed by atoms with Gasteiger partial charge in [-0.3, -0.25) is 0 Å². The average molecular weight is 247 g/mol. The third-order valence-corrected chi connectivity index (χ3v) is 5.64. The summed E-state index contributed by atoms with van der Waals surface area (Å²) in [5, 5.41) is 3.66. The van der Waals surface area contributed by atoms with E-state index in [1.807, 2.05) is 0 Å². The van der Waals surface area contributed by atoms with Crippen LogP contribution in [0, 0.1) is 0 Å². The molecule has 1 N–H and O–H groups in total. The maximum Gasteiger partial charge on any atom is 0.0170 e. The molecule has 1 saturated heterocycles. The molecule has 1 nitrogen and oxygen atoms in total. The fourth-order valence-electron chi connectivity index (χ4n) is 4.92. The summed E-state index contributed by atoms with van der Waals surface area (Å²) in [5.74, 6) is 1.30. The minimum absolute atomic E-state index is 0.371. The molecule has 1 fully saturated rings. The monoisotopic (exact) mass is 247 g/mol. The minimum atomic E-state index is 0.371. The van der Waals surface area contributed by atoms with Crippen LogP contribution in [0.25, 0.3) is 0 Å². The third kappa shape index (κ3) is 1.07. The first-order valence-electron chi connectivity index (χ1n) is 7.29. The topological polar surface area (TPSA) is 12.0 Å². The molecule has 94 valence electrons. The van der Waals surface area contributed by atoms with Crippen LogP contribution in [0.15, 0.2) is 48.5 Å². The summed E-state index contributed by atoms with van der Waals surface area (Å²) in [7, 11) is 0. The molecule has 5 rings (SSSR count). The van der Waals surface area contributed by atoms with Gasteiger partial charge in [-0.05, 0) is 28.7 Å². The van der Waals surface area contributed by atoms with E-state index in [4.69, 9.17) is 0 Å². The Labute approximate surface area is 113 Å². The van der Waals surface area contributed by atoms with Crippen LogP contribution < -0.4 is 5.32 Å². The van der Waals surface area contributed by atoms with Crippen LogP contribution in [-0.4, -0.2) is 13.1 Å². The van der Waals surface area contributed by atoms with Gasteiger partial charge < -0.3 is 5.32 Å². The molecule has 1 heterocycles. The molecule has 2 aliphatic carbocycles. The van der Waals surface area contributed by atoms with E-state index in [0.717, 1.165) is 13.1 Å². The van der Waals surface area contributed by atoms with Crippen molar-refractivity contribution in [3.8, 4) is 0 Å². The third-order valence-electron chi connectivity index (χ3n) is 5.64. The number of hydrogen-bond acceptors (Lipinski definition) is 1. The van der Waals surface area contributed by atoms with Gasteiger partial charge in [-0.15, -0.1) is 0 Å². The fraction of sp³-hybridized carbons (Fsp3) is 0.333. The van der Waals surface area contributed by atoms with E-state index in [2.05, 4.69) is 53.8 Å². The fourth-order valence-corrected chi connectivity index (χ4v) is 4.92. The van der Waals surface area contributed by atoms with Gasteiger partial charge in [0, 0.05) is 30.3 Å². The lowest BCUT2D eigenvalue weighted by Gasteiger charge is -2.37. The summed E-state index contributed by atoms with van der Waals surface area (Å²) in [5.41, 5.74) is 6.75. The van der Waals surface area contributed by atoms with E-state index in [9.17, 15) is 0 Å². The second-order valence-electron chi connectivity index (χ2n) is 6.31. The summed E-state index contributed by atoms with van der Waals surface area (Å²) in [6.45, 7) is 2.29. The summed E-state index contributed by atoms with van der Waals surface area (Å²) in [4.78, 5) is 0. The van der Waals surface area contributed by atoms with Crippen molar-refractivity contribution in [2.75, 3.05) is 13.1 Å². The molecule has 19 heavy (non-hydrogen) atoms. The van der Waals surface area contributed by atoms with Crippen LogP contribution in [0.1, 0.15) is 40.5 Å². The van der Waals surface area contributed by atoms with E-state index in [1.165, 1.54) is 6.42 Å². The highest BCUT2D eigenvalue weighted by molar-refractivity contribution is 5.58. The number of rotatable bonds is 0. The van der Waals surface area contributed by atoms with Crippen LogP contribution in [0.5, 0.6) is 0 Å². The molecule has 3 aliphatic rings. The minimum Gasteiger partial charge on any atom is -0.315 e. The van der Waals surface area contributed by atoms with Crippen molar-refractivity contribution in [2.45, 2.75) is 23.7 Å². The molecule has 1 heteroatoms. The Hall–Kier alpha value is -1.60. The maximum absolute atomic E-state index is 3.66. The molecular formula is C18H17N. The standard InChI is InChI=1S/C18H17N/c1-2-6-13-12(5-1)15-9-18(11-19-10-17(13)18)16-8-4-3-7-14(15)16/h1-8,15,17,19H,9-11H2. The Balaban J connectivity index is 1.88. The Morgan fingerprint density at radius 2 is 1.63 bits per heavy atom. The average Bonchev–Trinajstić information content (AvgIpc) is 3.03. The van der Waals surface area contributed by atoms with Gasteiger partial charge in [0.15, 0.2) is 0 Å². The van der Waals surface area contributed by atoms with E-state index in [-0.39, 0.29) is 0 Å². The zero-order chi connectivity index (χ0) is 12.4. The Bertz CT molecular complexity index is 664. The normalized spacial score (nSPS) is 33.7. The Morgan fingerprint density at radius 3 is 2.53 bits per heavy atom. The second kappa shape index (κ2) is 3.29. The highest BCUT2D eigenvalue weighted by Gasteiger charge is 2.55. The van der Waals surface area contributed by atoms with Crippen molar-refractivity contribution in [3.63, 3.8) is 0 Å². The number of fused-ring (bicyclic) bond motifs is 3. The molecule has 0 amide bonds. The van der Waals surface area contributed by atoms with Crippen molar-refractivity contribution in [1.82, 2.24) is 5.32 Å². The smallest absolute Gasteiger partial charge is 0.0170 e. The Morgan fingerprint density at radius 1 is 0.895 bits per heavy atom. The lowest BCUT2D eigenvalue weighted by Crippen LogP contribution is -2.34. The van der Waals surface area contributed by atoms with Gasteiger partial charge in [-0.1, -0.05) is 48.5 Å². The molecule has 2 aromatic rings. The van der Waals surface area contributed by atoms with Gasteiger partial charge in [0.2, 0.25) is 0 Å². The molecule has 3 unspecified atom stereocenters. The van der Waals surface area contributed by atoms with Crippen molar-refractivity contribution in [1.29, 1.82) is 0 Å². The van der Waals surface area contributed by atoms with Crippen LogP contribution >= 0.6 is 0 Å². The zero-order valence-electron chi connectivity index (χ0n) is 10.9. The lowest BCUT2D eigenvalue weighted by atomic mass is 9.65. The molecule has 0 radical (unpaired) electrons. The number of nitrogens with one attached hydrogen (secondary N) is 1. The summed E-state index contributed by atoms with van der Waals surface area (Å²) < 4.78 is 0. The van der Waals surface area contributed by atoms with Gasteiger partial charge in [0.05, 0.1) is 0 Å². The predicted molar refractivity (Wildman–Crippen MR) is 76.6 cm³/mol. The van der Waals surface area contributed by atoms with Gasteiger partial charge in [0.1, 0.15) is 0 Å². The molecule has 3 atom stereocenters. The first kappa shape index (κ1) is 10.2. The number of hydrogen-bond donors (Lipinski definition) is 1. The molecule has 2 bridgehead atoms. The maximum atomic E-state index is 3.66. The summed E-state index contributed by atoms with van der Waals surface area (Å²) >= 11 is 0. The summed E-state index contributed by atoms with van der Waals surface area (Å²) in [6, 6.07) is 18.3. The molecule has 0 aromatic heterocycles. The van der Waals surface area contributed by atoms with Crippen molar-refractivity contribution in [3.05, 3.63) is 70.8 Å². The first-order chi connectivity index (χ1) is 9.40. The van der Waals surface area contributed by atoms with Crippen molar-refractivity contribution in [2.24, 2.45) is 0 Å². The SMILES string of the molecule is c1ccc2c(c1)C1CC3(CNCC23)c2ccccc21. The van der Waals surface area contributed by atoms with Gasteiger partial charge in [0.25, 0.3) is 0 Å². The van der Waals surface area contributed by atoms with E-state index in [1.54, 1.807) is 22.3 Å². The van der Waals surface area contributed by atoms with Crippen LogP contribution in [0.2, 0.25) is 0 Å². The first-order valence-corrected chi connectivity index (χ1v) is 7.29. The van der Waals surface area contributed by atoms with Gasteiger partial charge in [-0.25, -0.2) is 0 Å². The second-order valence-corrected chi connectivity index (χ2v) is 6.31. The van der Waals surface area contributed by atoms with Crippen molar-refractivity contribution >= 4 is 0 Å². The van der Waals surface area contributed by atoms with Gasteiger partial charge in [-0.2, -0.15) is 0 Å².